The van der Waals surface area contributed by atoms with E-state index in [2.05, 4.69) is 15.5 Å². The molecule has 130 valence electrons. The van der Waals surface area contributed by atoms with Crippen molar-refractivity contribution >= 4 is 23.0 Å². The van der Waals surface area contributed by atoms with Crippen molar-refractivity contribution in [3.63, 3.8) is 0 Å². The summed E-state index contributed by atoms with van der Waals surface area (Å²) in [6, 6.07) is 24.3. The summed E-state index contributed by atoms with van der Waals surface area (Å²) in [6.45, 7) is 1.90. The molecule has 0 aliphatic carbocycles. The number of benzene rings is 3. The van der Waals surface area contributed by atoms with Gasteiger partial charge in [-0.25, -0.2) is 0 Å². The monoisotopic (exact) mass is 345 g/mol. The second kappa shape index (κ2) is 8.58. The summed E-state index contributed by atoms with van der Waals surface area (Å²) >= 11 is 0. The highest BCUT2D eigenvalue weighted by molar-refractivity contribution is 5.92. The number of aryl methyl sites for hydroxylation is 1. The third-order valence-electron chi connectivity index (χ3n) is 3.64. The van der Waals surface area contributed by atoms with Gasteiger partial charge in [-0.15, -0.1) is 0 Å². The molecule has 0 heterocycles. The molecule has 0 aromatic heterocycles. The number of nitrogens with one attached hydrogen (secondary N) is 1. The maximum absolute atomic E-state index is 12.0. The maximum Gasteiger partial charge on any atom is 0.262 e. The zero-order chi connectivity index (χ0) is 18.2. The van der Waals surface area contributed by atoms with Crippen LogP contribution in [-0.4, -0.2) is 12.5 Å². The molecule has 0 unspecified atom stereocenters. The first-order valence-corrected chi connectivity index (χ1v) is 8.26. The molecule has 0 spiro atoms. The Balaban J connectivity index is 1.53. The second-order valence-corrected chi connectivity index (χ2v) is 5.68. The third-order valence-corrected chi connectivity index (χ3v) is 3.64. The van der Waals surface area contributed by atoms with Crippen LogP contribution in [0.5, 0.6) is 5.75 Å². The molecule has 0 saturated carbocycles. The number of carbonyl (C=O) groups excluding carboxylic acids is 1. The number of para-hydroxylation sites is 1. The van der Waals surface area contributed by atoms with Crippen molar-refractivity contribution in [2.24, 2.45) is 10.2 Å². The molecule has 5 nitrogen and oxygen atoms in total. The molecule has 0 atom stereocenters. The van der Waals surface area contributed by atoms with Gasteiger partial charge in [-0.2, -0.15) is 10.2 Å². The fraction of sp³-hybridized carbons (Fsp3) is 0.0952. The van der Waals surface area contributed by atoms with Gasteiger partial charge < -0.3 is 10.1 Å². The van der Waals surface area contributed by atoms with Crippen LogP contribution in [0.15, 0.2) is 89.1 Å². The van der Waals surface area contributed by atoms with E-state index in [0.717, 1.165) is 11.3 Å². The Morgan fingerprint density at radius 2 is 1.46 bits per heavy atom. The van der Waals surface area contributed by atoms with E-state index < -0.39 is 0 Å². The summed E-state index contributed by atoms with van der Waals surface area (Å²) in [7, 11) is 0. The second-order valence-electron chi connectivity index (χ2n) is 5.68. The van der Waals surface area contributed by atoms with Crippen molar-refractivity contribution < 1.29 is 9.53 Å². The van der Waals surface area contributed by atoms with Crippen LogP contribution in [-0.2, 0) is 4.79 Å². The Morgan fingerprint density at radius 1 is 0.846 bits per heavy atom. The van der Waals surface area contributed by atoms with Gasteiger partial charge in [-0.3, -0.25) is 4.79 Å². The minimum Gasteiger partial charge on any atom is -0.483 e. The van der Waals surface area contributed by atoms with Crippen LogP contribution in [0.4, 0.5) is 17.1 Å². The largest absolute Gasteiger partial charge is 0.483 e. The molecule has 0 radical (unpaired) electrons. The van der Waals surface area contributed by atoms with E-state index in [9.17, 15) is 4.79 Å². The smallest absolute Gasteiger partial charge is 0.262 e. The van der Waals surface area contributed by atoms with Crippen LogP contribution in [0.3, 0.4) is 0 Å². The van der Waals surface area contributed by atoms with Crippen LogP contribution >= 0.6 is 0 Å². The number of azo groups is 1. The molecule has 1 amide bonds. The number of carbonyl (C=O) groups is 1. The average molecular weight is 345 g/mol. The van der Waals surface area contributed by atoms with Crippen molar-refractivity contribution in [2.75, 3.05) is 11.9 Å². The lowest BCUT2D eigenvalue weighted by Crippen LogP contribution is -2.20. The van der Waals surface area contributed by atoms with Crippen LogP contribution in [0.1, 0.15) is 5.56 Å². The first-order valence-electron chi connectivity index (χ1n) is 8.26. The molecule has 3 aromatic carbocycles. The molecular formula is C21H19N3O2. The minimum absolute atomic E-state index is 0.0413. The summed E-state index contributed by atoms with van der Waals surface area (Å²) in [4.78, 5) is 12.0. The number of hydrogen-bond donors (Lipinski definition) is 1. The van der Waals surface area contributed by atoms with Crippen LogP contribution < -0.4 is 10.1 Å². The lowest BCUT2D eigenvalue weighted by atomic mass is 10.2. The van der Waals surface area contributed by atoms with Gasteiger partial charge in [-0.1, -0.05) is 36.4 Å². The summed E-state index contributed by atoms with van der Waals surface area (Å²) < 4.78 is 5.54. The van der Waals surface area contributed by atoms with Crippen molar-refractivity contribution in [1.29, 1.82) is 0 Å². The Hall–Kier alpha value is -3.47. The number of hydrogen-bond acceptors (Lipinski definition) is 4. The Bertz CT molecular complexity index is 891. The van der Waals surface area contributed by atoms with Gasteiger partial charge in [0.2, 0.25) is 0 Å². The molecule has 0 bridgehead atoms. The van der Waals surface area contributed by atoms with Crippen molar-refractivity contribution in [3.8, 4) is 5.75 Å². The first kappa shape index (κ1) is 17.4. The highest BCUT2D eigenvalue weighted by atomic mass is 16.5. The number of nitrogens with zero attached hydrogens (tertiary/aromatic N) is 2. The molecule has 26 heavy (non-hydrogen) atoms. The predicted molar refractivity (Wildman–Crippen MR) is 102 cm³/mol. The first-order chi connectivity index (χ1) is 12.7. The summed E-state index contributed by atoms with van der Waals surface area (Å²) in [5, 5.41) is 11.1. The van der Waals surface area contributed by atoms with E-state index in [4.69, 9.17) is 4.74 Å². The Morgan fingerprint density at radius 3 is 2.15 bits per heavy atom. The van der Waals surface area contributed by atoms with Gasteiger partial charge >= 0.3 is 0 Å². The molecule has 3 aromatic rings. The number of amides is 1. The lowest BCUT2D eigenvalue weighted by Gasteiger charge is -2.09. The normalized spacial score (nSPS) is 10.7. The third kappa shape index (κ3) is 5.01. The predicted octanol–water partition coefficient (Wildman–Crippen LogP) is 5.43. The molecule has 0 fully saturated rings. The topological polar surface area (TPSA) is 63.0 Å². The van der Waals surface area contributed by atoms with Crippen LogP contribution in [0.2, 0.25) is 0 Å². The zero-order valence-electron chi connectivity index (χ0n) is 14.4. The summed E-state index contributed by atoms with van der Waals surface area (Å²) in [5.74, 6) is 0.492. The molecule has 5 heteroatoms. The number of anilines is 1. The fourth-order valence-corrected chi connectivity index (χ4v) is 2.28. The van der Waals surface area contributed by atoms with E-state index in [1.807, 2.05) is 61.5 Å². The highest BCUT2D eigenvalue weighted by Crippen LogP contribution is 2.20. The van der Waals surface area contributed by atoms with Gasteiger partial charge in [0.15, 0.2) is 6.61 Å². The van der Waals surface area contributed by atoms with Crippen LogP contribution in [0, 0.1) is 6.92 Å². The molecule has 1 N–H and O–H groups in total. The minimum atomic E-state index is -0.216. The zero-order valence-corrected chi connectivity index (χ0v) is 14.4. The summed E-state index contributed by atoms with van der Waals surface area (Å²) in [6.07, 6.45) is 0. The standard InChI is InChI=1S/C21H19N3O2/c1-16-7-5-6-10-20(16)26-15-21(25)22-17-11-13-19(14-12-17)24-23-18-8-3-2-4-9-18/h2-14H,15H2,1H3,(H,22,25). The molecular weight excluding hydrogens is 326 g/mol. The Kier molecular flexibility index (Phi) is 5.72. The van der Waals surface area contributed by atoms with Gasteiger partial charge in [0, 0.05) is 5.69 Å². The van der Waals surface area contributed by atoms with Crippen molar-refractivity contribution in [1.82, 2.24) is 0 Å². The van der Waals surface area contributed by atoms with Gasteiger partial charge in [0.25, 0.3) is 5.91 Å². The van der Waals surface area contributed by atoms with Crippen molar-refractivity contribution in [3.05, 3.63) is 84.4 Å². The summed E-state index contributed by atoms with van der Waals surface area (Å²) in [5.41, 5.74) is 3.18. The molecule has 3 rings (SSSR count). The number of rotatable bonds is 6. The van der Waals surface area contributed by atoms with E-state index in [-0.39, 0.29) is 12.5 Å². The highest BCUT2D eigenvalue weighted by Gasteiger charge is 2.05. The van der Waals surface area contributed by atoms with E-state index >= 15 is 0 Å². The SMILES string of the molecule is Cc1ccccc1OCC(=O)Nc1ccc(N=Nc2ccccc2)cc1. The van der Waals surface area contributed by atoms with Crippen molar-refractivity contribution in [2.45, 2.75) is 6.92 Å². The maximum atomic E-state index is 12.0. The van der Waals surface area contributed by atoms with Gasteiger partial charge in [0.1, 0.15) is 5.75 Å². The molecule has 0 aliphatic rings. The quantitative estimate of drug-likeness (QED) is 0.606. The van der Waals surface area contributed by atoms with Crippen LogP contribution in [0.25, 0.3) is 0 Å². The average Bonchev–Trinajstić information content (AvgIpc) is 2.68. The molecule has 0 saturated heterocycles. The van der Waals surface area contributed by atoms with E-state index in [0.29, 0.717) is 17.1 Å². The number of ether oxygens (including phenoxy) is 1. The van der Waals surface area contributed by atoms with E-state index in [1.54, 1.807) is 24.3 Å². The lowest BCUT2D eigenvalue weighted by molar-refractivity contribution is -0.118. The fourth-order valence-electron chi connectivity index (χ4n) is 2.28. The van der Waals surface area contributed by atoms with Gasteiger partial charge in [0.05, 0.1) is 11.4 Å². The Labute approximate surface area is 152 Å². The van der Waals surface area contributed by atoms with E-state index in [1.165, 1.54) is 0 Å². The molecule has 0 aliphatic heterocycles. The van der Waals surface area contributed by atoms with Gasteiger partial charge in [-0.05, 0) is 55.0 Å².